The van der Waals surface area contributed by atoms with E-state index in [-0.39, 0.29) is 11.6 Å². The van der Waals surface area contributed by atoms with Crippen molar-refractivity contribution in [1.82, 2.24) is 0 Å². The van der Waals surface area contributed by atoms with E-state index in [0.717, 1.165) is 0 Å². The molecule has 4 nitrogen and oxygen atoms in total. The van der Waals surface area contributed by atoms with Gasteiger partial charge in [-0.2, -0.15) is 0 Å². The van der Waals surface area contributed by atoms with Gasteiger partial charge in [-0.15, -0.1) is 11.6 Å². The first kappa shape index (κ1) is 11.5. The second-order valence-corrected chi connectivity index (χ2v) is 5.78. The maximum atomic E-state index is 11.9. The van der Waals surface area contributed by atoms with E-state index < -0.39 is 10.0 Å². The van der Waals surface area contributed by atoms with Gasteiger partial charge < -0.3 is 4.74 Å². The predicted octanol–water partition coefficient (Wildman–Crippen LogP) is 1.45. The molecule has 0 bridgehead atoms. The van der Waals surface area contributed by atoms with Gasteiger partial charge in [-0.1, -0.05) is 12.1 Å². The molecule has 0 amide bonds. The van der Waals surface area contributed by atoms with E-state index in [1.807, 2.05) is 6.07 Å². The van der Waals surface area contributed by atoms with Crippen LogP contribution in [-0.4, -0.2) is 33.2 Å². The lowest BCUT2D eigenvalue weighted by molar-refractivity contribution is 0.316. The van der Waals surface area contributed by atoms with Crippen molar-refractivity contribution in [1.29, 1.82) is 0 Å². The minimum atomic E-state index is -3.33. The van der Waals surface area contributed by atoms with Crippen molar-refractivity contribution in [2.45, 2.75) is 0 Å². The molecule has 16 heavy (non-hydrogen) atoms. The average Bonchev–Trinajstić information content (AvgIpc) is 2.28. The standard InChI is InChI=1S/C10H12ClNO3S/c11-5-8-16(13,14)12-6-7-15-10-4-2-1-3-9(10)12/h1-4H,5-8H2. The molecule has 1 aromatic rings. The Kier molecular flexibility index (Phi) is 3.25. The normalized spacial score (nSPS) is 15.4. The molecular weight excluding hydrogens is 250 g/mol. The zero-order valence-corrected chi connectivity index (χ0v) is 10.2. The highest BCUT2D eigenvalue weighted by atomic mass is 35.5. The van der Waals surface area contributed by atoms with E-state index >= 15 is 0 Å². The van der Waals surface area contributed by atoms with Gasteiger partial charge >= 0.3 is 0 Å². The molecule has 6 heteroatoms. The van der Waals surface area contributed by atoms with Crippen LogP contribution in [-0.2, 0) is 10.0 Å². The van der Waals surface area contributed by atoms with Gasteiger partial charge in [0, 0.05) is 5.88 Å². The summed E-state index contributed by atoms with van der Waals surface area (Å²) >= 11 is 5.50. The molecule has 0 unspecified atom stereocenters. The van der Waals surface area contributed by atoms with Crippen molar-refractivity contribution >= 4 is 27.3 Å². The van der Waals surface area contributed by atoms with Crippen LogP contribution in [0.15, 0.2) is 24.3 Å². The Balaban J connectivity index is 2.39. The number of fused-ring (bicyclic) bond motifs is 1. The number of benzene rings is 1. The van der Waals surface area contributed by atoms with Crippen LogP contribution < -0.4 is 9.04 Å². The number of ether oxygens (including phenoxy) is 1. The summed E-state index contributed by atoms with van der Waals surface area (Å²) in [6, 6.07) is 7.10. The van der Waals surface area contributed by atoms with Crippen LogP contribution in [0.3, 0.4) is 0 Å². The zero-order valence-electron chi connectivity index (χ0n) is 8.60. The Morgan fingerprint density at radius 2 is 2.12 bits per heavy atom. The molecule has 0 aromatic heterocycles. The molecule has 1 heterocycles. The number of nitrogens with zero attached hydrogens (tertiary/aromatic N) is 1. The lowest BCUT2D eigenvalue weighted by atomic mass is 10.2. The van der Waals surface area contributed by atoms with Crippen LogP contribution in [0.5, 0.6) is 5.75 Å². The number of alkyl halides is 1. The summed E-state index contributed by atoms with van der Waals surface area (Å²) in [6.07, 6.45) is 0. The fourth-order valence-electron chi connectivity index (χ4n) is 1.64. The summed E-state index contributed by atoms with van der Waals surface area (Å²) in [6.45, 7) is 0.717. The van der Waals surface area contributed by atoms with Crippen molar-refractivity contribution in [3.05, 3.63) is 24.3 Å². The van der Waals surface area contributed by atoms with Gasteiger partial charge in [0.1, 0.15) is 12.4 Å². The van der Waals surface area contributed by atoms with Gasteiger partial charge in [0.2, 0.25) is 10.0 Å². The smallest absolute Gasteiger partial charge is 0.236 e. The molecule has 0 saturated heterocycles. The number of halogens is 1. The molecular formula is C10H12ClNO3S. The van der Waals surface area contributed by atoms with Crippen molar-refractivity contribution in [2.75, 3.05) is 29.1 Å². The second-order valence-electron chi connectivity index (χ2n) is 3.39. The van der Waals surface area contributed by atoms with Crippen LogP contribution in [0.25, 0.3) is 0 Å². The number of sulfonamides is 1. The van der Waals surface area contributed by atoms with Gasteiger partial charge in [0.25, 0.3) is 0 Å². The van der Waals surface area contributed by atoms with Crippen molar-refractivity contribution in [3.8, 4) is 5.75 Å². The number of para-hydroxylation sites is 2. The van der Waals surface area contributed by atoms with E-state index in [1.54, 1.807) is 18.2 Å². The Bertz CT molecular complexity index is 475. The summed E-state index contributed by atoms with van der Waals surface area (Å²) in [7, 11) is -3.33. The average molecular weight is 262 g/mol. The lowest BCUT2D eigenvalue weighted by Gasteiger charge is -2.30. The van der Waals surface area contributed by atoms with E-state index in [4.69, 9.17) is 16.3 Å². The fraction of sp³-hybridized carbons (Fsp3) is 0.400. The first-order valence-electron chi connectivity index (χ1n) is 4.93. The highest BCUT2D eigenvalue weighted by Gasteiger charge is 2.27. The van der Waals surface area contributed by atoms with E-state index in [2.05, 4.69) is 0 Å². The van der Waals surface area contributed by atoms with Crippen molar-refractivity contribution in [2.24, 2.45) is 0 Å². The first-order valence-corrected chi connectivity index (χ1v) is 7.08. The topological polar surface area (TPSA) is 46.6 Å². The first-order chi connectivity index (χ1) is 7.65. The molecule has 0 fully saturated rings. The zero-order chi connectivity index (χ0) is 11.6. The molecule has 88 valence electrons. The van der Waals surface area contributed by atoms with Crippen molar-refractivity contribution in [3.63, 3.8) is 0 Å². The monoisotopic (exact) mass is 261 g/mol. The second kappa shape index (κ2) is 4.51. The Morgan fingerprint density at radius 3 is 2.88 bits per heavy atom. The molecule has 1 aliphatic rings. The SMILES string of the molecule is O=S(=O)(CCCl)N1CCOc2ccccc21. The summed E-state index contributed by atoms with van der Waals surface area (Å²) < 4.78 is 30.6. The Morgan fingerprint density at radius 1 is 1.38 bits per heavy atom. The third-order valence-corrected chi connectivity index (χ3v) is 4.54. The highest BCUT2D eigenvalue weighted by molar-refractivity contribution is 7.92. The fourth-order valence-corrected chi connectivity index (χ4v) is 3.44. The summed E-state index contributed by atoms with van der Waals surface area (Å²) in [4.78, 5) is 0. The van der Waals surface area contributed by atoms with Crippen LogP contribution >= 0.6 is 11.6 Å². The van der Waals surface area contributed by atoms with Crippen LogP contribution in [0, 0.1) is 0 Å². The van der Waals surface area contributed by atoms with Gasteiger partial charge in [0.15, 0.2) is 0 Å². The maximum Gasteiger partial charge on any atom is 0.236 e. The molecule has 0 spiro atoms. The number of rotatable bonds is 3. The molecule has 0 saturated carbocycles. The van der Waals surface area contributed by atoms with Crippen LogP contribution in [0.2, 0.25) is 0 Å². The summed E-state index contributed by atoms with van der Waals surface area (Å²) in [5, 5.41) is 0. The molecule has 0 aliphatic carbocycles. The van der Waals surface area contributed by atoms with Gasteiger partial charge in [-0.3, -0.25) is 4.31 Å². The quantitative estimate of drug-likeness (QED) is 0.774. The molecule has 1 aliphatic heterocycles. The molecule has 0 atom stereocenters. The number of hydrogen-bond donors (Lipinski definition) is 0. The Hall–Kier alpha value is -0.940. The number of hydrogen-bond acceptors (Lipinski definition) is 3. The van der Waals surface area contributed by atoms with Crippen LogP contribution in [0.1, 0.15) is 0 Å². The Labute approximate surface area is 99.8 Å². The third-order valence-electron chi connectivity index (χ3n) is 2.36. The van der Waals surface area contributed by atoms with Gasteiger partial charge in [-0.25, -0.2) is 8.42 Å². The minimum absolute atomic E-state index is 0.0527. The minimum Gasteiger partial charge on any atom is -0.489 e. The summed E-state index contributed by atoms with van der Waals surface area (Å²) in [5.41, 5.74) is 0.596. The van der Waals surface area contributed by atoms with E-state index in [9.17, 15) is 8.42 Å². The maximum absolute atomic E-state index is 11.9. The van der Waals surface area contributed by atoms with Crippen LogP contribution in [0.4, 0.5) is 5.69 Å². The van der Waals surface area contributed by atoms with Crippen molar-refractivity contribution < 1.29 is 13.2 Å². The third kappa shape index (κ3) is 2.10. The molecule has 2 rings (SSSR count). The number of anilines is 1. The highest BCUT2D eigenvalue weighted by Crippen LogP contribution is 2.32. The summed E-state index contributed by atoms with van der Waals surface area (Å²) in [5.74, 6) is 0.650. The molecule has 0 N–H and O–H groups in total. The predicted molar refractivity (Wildman–Crippen MR) is 63.8 cm³/mol. The molecule has 0 radical (unpaired) electrons. The lowest BCUT2D eigenvalue weighted by Crippen LogP contribution is -2.39. The van der Waals surface area contributed by atoms with Gasteiger partial charge in [0.05, 0.1) is 18.0 Å². The largest absolute Gasteiger partial charge is 0.489 e. The molecule has 1 aromatic carbocycles. The van der Waals surface area contributed by atoms with E-state index in [0.29, 0.717) is 24.6 Å². The van der Waals surface area contributed by atoms with E-state index in [1.165, 1.54) is 4.31 Å². The van der Waals surface area contributed by atoms with Gasteiger partial charge in [-0.05, 0) is 12.1 Å².